The van der Waals surface area contributed by atoms with E-state index in [4.69, 9.17) is 9.84 Å². The summed E-state index contributed by atoms with van der Waals surface area (Å²) < 4.78 is 5.22. The molecule has 1 heterocycles. The van der Waals surface area contributed by atoms with E-state index < -0.39 is 23.6 Å². The summed E-state index contributed by atoms with van der Waals surface area (Å²) in [6.07, 6.45) is 1.22. The van der Waals surface area contributed by atoms with Crippen molar-refractivity contribution in [3.63, 3.8) is 0 Å². The van der Waals surface area contributed by atoms with Crippen LogP contribution in [0.5, 0.6) is 0 Å². The number of carbonyl (C=O) groups excluding carboxylic acids is 1. The van der Waals surface area contributed by atoms with Crippen LogP contribution < -0.4 is 0 Å². The Morgan fingerprint density at radius 1 is 1.47 bits per heavy atom. The van der Waals surface area contributed by atoms with Crippen molar-refractivity contribution in [2.75, 3.05) is 13.1 Å². The molecule has 1 rings (SSSR count). The molecule has 0 radical (unpaired) electrons. The number of hydrogen-bond donors (Lipinski definition) is 1. The summed E-state index contributed by atoms with van der Waals surface area (Å²) in [5, 5.41) is 8.96. The van der Waals surface area contributed by atoms with Crippen LogP contribution in [-0.4, -0.2) is 40.8 Å². The average Bonchev–Trinajstić information content (AvgIpc) is 2.13. The van der Waals surface area contributed by atoms with E-state index in [9.17, 15) is 9.59 Å². The van der Waals surface area contributed by atoms with E-state index in [1.54, 1.807) is 26.8 Å². The van der Waals surface area contributed by atoms with Crippen molar-refractivity contribution in [3.8, 4) is 0 Å². The van der Waals surface area contributed by atoms with Crippen LogP contribution in [-0.2, 0) is 9.53 Å². The number of ether oxygens (including phenoxy) is 1. The minimum absolute atomic E-state index is 0.168. The van der Waals surface area contributed by atoms with Gasteiger partial charge in [0.15, 0.2) is 0 Å². The molecule has 1 N–H and O–H groups in total. The lowest BCUT2D eigenvalue weighted by Crippen LogP contribution is -2.43. The molecule has 0 saturated carbocycles. The number of amides is 1. The van der Waals surface area contributed by atoms with Crippen LogP contribution in [0.15, 0.2) is 11.6 Å². The molecule has 96 valence electrons. The van der Waals surface area contributed by atoms with Crippen molar-refractivity contribution in [1.29, 1.82) is 0 Å². The average molecular weight is 241 g/mol. The molecule has 0 aliphatic carbocycles. The first-order valence-corrected chi connectivity index (χ1v) is 5.57. The quantitative estimate of drug-likeness (QED) is 0.712. The van der Waals surface area contributed by atoms with Crippen LogP contribution in [0.4, 0.5) is 4.79 Å². The van der Waals surface area contributed by atoms with Gasteiger partial charge in [-0.25, -0.2) is 4.79 Å². The lowest BCUT2D eigenvalue weighted by Gasteiger charge is -2.31. The van der Waals surface area contributed by atoms with Crippen LogP contribution in [0.25, 0.3) is 0 Å². The first kappa shape index (κ1) is 13.5. The summed E-state index contributed by atoms with van der Waals surface area (Å²) in [5.41, 5.74) is 0.305. The molecular formula is C12H19NO4. The molecule has 5 heteroatoms. The van der Waals surface area contributed by atoms with Gasteiger partial charge in [0.25, 0.3) is 0 Å². The third kappa shape index (κ3) is 4.09. The summed E-state index contributed by atoms with van der Waals surface area (Å²) in [7, 11) is 0. The molecule has 0 bridgehead atoms. The Hall–Kier alpha value is -1.52. The minimum Gasteiger partial charge on any atom is -0.481 e. The van der Waals surface area contributed by atoms with Gasteiger partial charge >= 0.3 is 12.1 Å². The van der Waals surface area contributed by atoms with Gasteiger partial charge in [-0.15, -0.1) is 0 Å². The van der Waals surface area contributed by atoms with Crippen LogP contribution >= 0.6 is 0 Å². The van der Waals surface area contributed by atoms with Crippen molar-refractivity contribution in [3.05, 3.63) is 11.6 Å². The van der Waals surface area contributed by atoms with E-state index in [-0.39, 0.29) is 6.54 Å². The van der Waals surface area contributed by atoms with Gasteiger partial charge in [0.1, 0.15) is 5.60 Å². The maximum atomic E-state index is 11.8. The second-order valence-corrected chi connectivity index (χ2v) is 5.32. The molecule has 1 atom stereocenters. The summed E-state index contributed by atoms with van der Waals surface area (Å²) >= 11 is 0. The molecule has 1 aliphatic rings. The summed E-state index contributed by atoms with van der Waals surface area (Å²) in [4.78, 5) is 24.2. The maximum Gasteiger partial charge on any atom is 0.410 e. The Morgan fingerprint density at radius 3 is 2.53 bits per heavy atom. The topological polar surface area (TPSA) is 66.8 Å². The number of hydrogen-bond acceptors (Lipinski definition) is 3. The fraction of sp³-hybridized carbons (Fsp3) is 0.667. The van der Waals surface area contributed by atoms with Crippen LogP contribution in [0.1, 0.15) is 27.7 Å². The van der Waals surface area contributed by atoms with Crippen molar-refractivity contribution in [2.45, 2.75) is 33.3 Å². The summed E-state index contributed by atoms with van der Waals surface area (Å²) in [6, 6.07) is 0. The zero-order valence-corrected chi connectivity index (χ0v) is 10.7. The molecule has 0 aromatic rings. The van der Waals surface area contributed by atoms with Gasteiger partial charge in [-0.05, 0) is 27.7 Å². The number of nitrogens with zero attached hydrogens (tertiary/aromatic N) is 1. The van der Waals surface area contributed by atoms with E-state index in [1.165, 1.54) is 4.90 Å². The van der Waals surface area contributed by atoms with Crippen molar-refractivity contribution >= 4 is 12.1 Å². The van der Waals surface area contributed by atoms with Gasteiger partial charge in [-0.2, -0.15) is 0 Å². The smallest absolute Gasteiger partial charge is 0.410 e. The lowest BCUT2D eigenvalue weighted by molar-refractivity contribution is -0.140. The normalized spacial score (nSPS) is 20.8. The molecule has 0 fully saturated rings. The highest BCUT2D eigenvalue weighted by atomic mass is 16.6. The minimum atomic E-state index is -0.919. The van der Waals surface area contributed by atoms with Gasteiger partial charge in [-0.1, -0.05) is 11.6 Å². The Balaban J connectivity index is 2.71. The van der Waals surface area contributed by atoms with Gasteiger partial charge in [0.2, 0.25) is 0 Å². The molecule has 1 unspecified atom stereocenters. The van der Waals surface area contributed by atoms with Gasteiger partial charge in [0.05, 0.1) is 5.92 Å². The standard InChI is InChI=1S/C12H19NO4/c1-8-5-9(10(14)15)7-13(6-8)11(16)17-12(2,3)4/h5,9H,6-7H2,1-4H3,(H,14,15). The molecule has 1 aliphatic heterocycles. The number of carbonyl (C=O) groups is 2. The zero-order valence-electron chi connectivity index (χ0n) is 10.7. The summed E-state index contributed by atoms with van der Waals surface area (Å²) in [6.45, 7) is 7.76. The fourth-order valence-corrected chi connectivity index (χ4v) is 1.67. The highest BCUT2D eigenvalue weighted by Crippen LogP contribution is 2.18. The highest BCUT2D eigenvalue weighted by Gasteiger charge is 2.29. The highest BCUT2D eigenvalue weighted by molar-refractivity contribution is 5.75. The molecule has 0 aromatic heterocycles. The maximum absolute atomic E-state index is 11.8. The Bertz CT molecular complexity index is 354. The third-order valence-electron chi connectivity index (χ3n) is 2.31. The van der Waals surface area contributed by atoms with Crippen molar-refractivity contribution in [2.24, 2.45) is 5.92 Å². The first-order chi connectivity index (χ1) is 7.69. The first-order valence-electron chi connectivity index (χ1n) is 5.57. The molecule has 1 amide bonds. The number of carboxylic acids is 1. The number of rotatable bonds is 1. The largest absolute Gasteiger partial charge is 0.481 e. The Labute approximate surface area is 101 Å². The van der Waals surface area contributed by atoms with Crippen LogP contribution in [0, 0.1) is 5.92 Å². The van der Waals surface area contributed by atoms with Crippen LogP contribution in [0.3, 0.4) is 0 Å². The van der Waals surface area contributed by atoms with Gasteiger partial charge in [0, 0.05) is 13.1 Å². The SMILES string of the molecule is CC1=CC(C(=O)O)CN(C(=O)OC(C)(C)C)C1. The third-order valence-corrected chi connectivity index (χ3v) is 2.31. The molecule has 17 heavy (non-hydrogen) atoms. The number of carboxylic acid groups (broad SMARTS) is 1. The second kappa shape index (κ2) is 4.77. The van der Waals surface area contributed by atoms with Gasteiger partial charge in [-0.3, -0.25) is 4.79 Å². The second-order valence-electron chi connectivity index (χ2n) is 5.32. The number of aliphatic carboxylic acids is 1. The van der Waals surface area contributed by atoms with E-state index in [2.05, 4.69) is 0 Å². The monoisotopic (exact) mass is 241 g/mol. The Morgan fingerprint density at radius 2 is 2.06 bits per heavy atom. The molecule has 0 spiro atoms. The molecule has 5 nitrogen and oxygen atoms in total. The predicted molar refractivity (Wildman–Crippen MR) is 62.7 cm³/mol. The van der Waals surface area contributed by atoms with Gasteiger partial charge < -0.3 is 14.7 Å². The molecule has 0 saturated heterocycles. The van der Waals surface area contributed by atoms with E-state index in [1.807, 2.05) is 6.92 Å². The van der Waals surface area contributed by atoms with E-state index in [0.29, 0.717) is 6.54 Å². The Kier molecular flexibility index (Phi) is 3.80. The van der Waals surface area contributed by atoms with E-state index in [0.717, 1.165) is 5.57 Å². The lowest BCUT2D eigenvalue weighted by atomic mass is 10.0. The zero-order chi connectivity index (χ0) is 13.2. The molecule has 0 aromatic carbocycles. The van der Waals surface area contributed by atoms with Crippen molar-refractivity contribution in [1.82, 2.24) is 4.90 Å². The summed E-state index contributed by atoms with van der Waals surface area (Å²) in [5.74, 6) is -1.56. The predicted octanol–water partition coefficient (Wildman–Crippen LogP) is 1.88. The van der Waals surface area contributed by atoms with Crippen molar-refractivity contribution < 1.29 is 19.4 Å². The fourth-order valence-electron chi connectivity index (χ4n) is 1.67. The van der Waals surface area contributed by atoms with E-state index >= 15 is 0 Å². The van der Waals surface area contributed by atoms with Crippen LogP contribution in [0.2, 0.25) is 0 Å². The molecular weight excluding hydrogens is 222 g/mol.